The minimum atomic E-state index is -2.57. The molecule has 2 aromatic rings. The van der Waals surface area contributed by atoms with E-state index >= 15 is 0 Å². The van der Waals surface area contributed by atoms with Crippen LogP contribution in [0.15, 0.2) is 30.6 Å². The fourth-order valence-corrected chi connectivity index (χ4v) is 1.52. The molecule has 2 rings (SSSR count). The van der Waals surface area contributed by atoms with Crippen molar-refractivity contribution in [1.29, 1.82) is 0 Å². The summed E-state index contributed by atoms with van der Waals surface area (Å²) in [5, 5.41) is 6.83. The van der Waals surface area contributed by atoms with Gasteiger partial charge < -0.3 is 11.1 Å². The molecule has 0 aliphatic rings. The Bertz CT molecular complexity index is 522. The van der Waals surface area contributed by atoms with Gasteiger partial charge in [0.1, 0.15) is 0 Å². The lowest BCUT2D eigenvalue weighted by molar-refractivity contribution is 0.152. The third-order valence-electron chi connectivity index (χ3n) is 2.29. The standard InChI is InChI=1S/C11H12F2N4/c1-17-6-8(5-15-17)16-10-3-2-7(14)4-9(10)11(12)13/h2-6,11,16H,14H2,1H3. The van der Waals surface area contributed by atoms with Crippen LogP contribution in [0.3, 0.4) is 0 Å². The number of nitrogen functional groups attached to an aromatic ring is 1. The first-order chi connectivity index (χ1) is 8.06. The van der Waals surface area contributed by atoms with Crippen LogP contribution >= 0.6 is 0 Å². The molecule has 0 saturated heterocycles. The number of hydrogen-bond acceptors (Lipinski definition) is 3. The molecule has 0 bridgehead atoms. The van der Waals surface area contributed by atoms with Crippen LogP contribution in [0.25, 0.3) is 0 Å². The van der Waals surface area contributed by atoms with Gasteiger partial charge in [-0.25, -0.2) is 8.78 Å². The highest BCUT2D eigenvalue weighted by atomic mass is 19.3. The molecular formula is C11H12F2N4. The SMILES string of the molecule is Cn1cc(Nc2ccc(N)cc2C(F)F)cn1. The Balaban J connectivity index is 2.32. The van der Waals surface area contributed by atoms with Crippen molar-refractivity contribution in [2.75, 3.05) is 11.1 Å². The van der Waals surface area contributed by atoms with Gasteiger partial charge in [-0.3, -0.25) is 4.68 Å². The Morgan fingerprint density at radius 1 is 1.41 bits per heavy atom. The predicted molar refractivity (Wildman–Crippen MR) is 62.3 cm³/mol. The Morgan fingerprint density at radius 3 is 2.76 bits per heavy atom. The summed E-state index contributed by atoms with van der Waals surface area (Å²) in [5.41, 5.74) is 6.67. The molecule has 0 amide bonds. The van der Waals surface area contributed by atoms with Crippen molar-refractivity contribution in [3.63, 3.8) is 0 Å². The second-order valence-electron chi connectivity index (χ2n) is 3.68. The van der Waals surface area contributed by atoms with E-state index in [1.807, 2.05) is 0 Å². The number of hydrogen-bond donors (Lipinski definition) is 2. The summed E-state index contributed by atoms with van der Waals surface area (Å²) in [7, 11) is 1.75. The predicted octanol–water partition coefficient (Wildman–Crippen LogP) is 2.68. The number of benzene rings is 1. The number of alkyl halides is 2. The second kappa shape index (κ2) is 4.40. The number of aromatic nitrogens is 2. The summed E-state index contributed by atoms with van der Waals surface area (Å²) in [6.07, 6.45) is 0.690. The number of aryl methyl sites for hydroxylation is 1. The highest BCUT2D eigenvalue weighted by Crippen LogP contribution is 2.30. The normalized spacial score (nSPS) is 10.8. The highest BCUT2D eigenvalue weighted by molar-refractivity contribution is 5.65. The molecule has 90 valence electrons. The molecule has 4 nitrogen and oxygen atoms in total. The van der Waals surface area contributed by atoms with Crippen molar-refractivity contribution in [2.24, 2.45) is 7.05 Å². The zero-order valence-electron chi connectivity index (χ0n) is 9.19. The van der Waals surface area contributed by atoms with Crippen LogP contribution in [-0.2, 0) is 7.05 Å². The van der Waals surface area contributed by atoms with Gasteiger partial charge in [-0.2, -0.15) is 5.10 Å². The van der Waals surface area contributed by atoms with E-state index in [9.17, 15) is 8.78 Å². The average molecular weight is 238 g/mol. The topological polar surface area (TPSA) is 55.9 Å². The van der Waals surface area contributed by atoms with Crippen molar-refractivity contribution in [2.45, 2.75) is 6.43 Å². The molecule has 1 aromatic heterocycles. The van der Waals surface area contributed by atoms with Gasteiger partial charge in [-0.1, -0.05) is 0 Å². The van der Waals surface area contributed by atoms with Crippen molar-refractivity contribution < 1.29 is 8.78 Å². The summed E-state index contributed by atoms with van der Waals surface area (Å²) in [5.74, 6) is 0. The van der Waals surface area contributed by atoms with Gasteiger partial charge in [0.05, 0.1) is 11.9 Å². The fourth-order valence-electron chi connectivity index (χ4n) is 1.52. The minimum absolute atomic E-state index is 0.117. The van der Waals surface area contributed by atoms with Crippen LogP contribution in [0.4, 0.5) is 25.8 Å². The number of halogens is 2. The largest absolute Gasteiger partial charge is 0.399 e. The first-order valence-electron chi connectivity index (χ1n) is 4.99. The molecule has 0 aliphatic heterocycles. The van der Waals surface area contributed by atoms with Gasteiger partial charge in [-0.15, -0.1) is 0 Å². The fraction of sp³-hybridized carbons (Fsp3) is 0.182. The summed E-state index contributed by atoms with van der Waals surface area (Å²) in [4.78, 5) is 0. The lowest BCUT2D eigenvalue weighted by Gasteiger charge is -2.10. The summed E-state index contributed by atoms with van der Waals surface area (Å²) in [6, 6.07) is 4.37. The first-order valence-corrected chi connectivity index (χ1v) is 4.99. The summed E-state index contributed by atoms with van der Waals surface area (Å²) >= 11 is 0. The van der Waals surface area contributed by atoms with E-state index in [-0.39, 0.29) is 5.56 Å². The Morgan fingerprint density at radius 2 is 2.18 bits per heavy atom. The maximum Gasteiger partial charge on any atom is 0.265 e. The molecule has 0 unspecified atom stereocenters. The van der Waals surface area contributed by atoms with Crippen LogP contribution < -0.4 is 11.1 Å². The van der Waals surface area contributed by atoms with Gasteiger partial charge >= 0.3 is 0 Å². The zero-order chi connectivity index (χ0) is 12.4. The molecule has 3 N–H and O–H groups in total. The van der Waals surface area contributed by atoms with E-state index in [0.29, 0.717) is 17.1 Å². The molecule has 17 heavy (non-hydrogen) atoms. The average Bonchev–Trinajstić information content (AvgIpc) is 2.66. The summed E-state index contributed by atoms with van der Waals surface area (Å²) in [6.45, 7) is 0. The number of nitrogens with zero attached hydrogens (tertiary/aromatic N) is 2. The molecule has 0 aliphatic carbocycles. The van der Waals surface area contributed by atoms with Crippen molar-refractivity contribution in [3.05, 3.63) is 36.2 Å². The van der Waals surface area contributed by atoms with Gasteiger partial charge in [0, 0.05) is 30.2 Å². The van der Waals surface area contributed by atoms with Crippen molar-refractivity contribution in [1.82, 2.24) is 9.78 Å². The highest BCUT2D eigenvalue weighted by Gasteiger charge is 2.13. The minimum Gasteiger partial charge on any atom is -0.399 e. The van der Waals surface area contributed by atoms with E-state index in [2.05, 4.69) is 10.4 Å². The van der Waals surface area contributed by atoms with E-state index in [4.69, 9.17) is 5.73 Å². The number of nitrogens with two attached hydrogens (primary N) is 1. The number of anilines is 3. The second-order valence-corrected chi connectivity index (χ2v) is 3.68. The lowest BCUT2D eigenvalue weighted by Crippen LogP contribution is -1.97. The Labute approximate surface area is 97.0 Å². The smallest absolute Gasteiger partial charge is 0.265 e. The van der Waals surface area contributed by atoms with Gasteiger partial charge in [-0.05, 0) is 18.2 Å². The molecule has 1 aromatic carbocycles. The van der Waals surface area contributed by atoms with E-state index in [1.54, 1.807) is 30.2 Å². The maximum atomic E-state index is 12.8. The van der Waals surface area contributed by atoms with Crippen LogP contribution in [0.5, 0.6) is 0 Å². The summed E-state index contributed by atoms with van der Waals surface area (Å²) < 4.78 is 27.2. The molecule has 0 fully saturated rings. The van der Waals surface area contributed by atoms with Crippen LogP contribution in [-0.4, -0.2) is 9.78 Å². The monoisotopic (exact) mass is 238 g/mol. The molecule has 1 heterocycles. The van der Waals surface area contributed by atoms with E-state index < -0.39 is 6.43 Å². The molecule has 0 spiro atoms. The van der Waals surface area contributed by atoms with Gasteiger partial charge in [0.15, 0.2) is 0 Å². The Kier molecular flexibility index (Phi) is 2.95. The van der Waals surface area contributed by atoms with Crippen molar-refractivity contribution >= 4 is 17.1 Å². The van der Waals surface area contributed by atoms with Crippen LogP contribution in [0.2, 0.25) is 0 Å². The maximum absolute atomic E-state index is 12.8. The first kappa shape index (κ1) is 11.4. The third-order valence-corrected chi connectivity index (χ3v) is 2.29. The van der Waals surface area contributed by atoms with Crippen LogP contribution in [0, 0.1) is 0 Å². The van der Waals surface area contributed by atoms with E-state index in [1.165, 1.54) is 12.1 Å². The van der Waals surface area contributed by atoms with Gasteiger partial charge in [0.2, 0.25) is 0 Å². The van der Waals surface area contributed by atoms with Crippen molar-refractivity contribution in [3.8, 4) is 0 Å². The third kappa shape index (κ3) is 2.52. The Hall–Kier alpha value is -2.11. The zero-order valence-corrected chi connectivity index (χ0v) is 9.19. The molecule has 6 heteroatoms. The molecule has 0 saturated carbocycles. The molecular weight excluding hydrogens is 226 g/mol. The molecule has 0 atom stereocenters. The van der Waals surface area contributed by atoms with Crippen LogP contribution in [0.1, 0.15) is 12.0 Å². The quantitative estimate of drug-likeness (QED) is 0.808. The number of nitrogens with one attached hydrogen (secondary N) is 1. The lowest BCUT2D eigenvalue weighted by atomic mass is 10.1. The molecule has 0 radical (unpaired) electrons. The number of rotatable bonds is 3. The van der Waals surface area contributed by atoms with E-state index in [0.717, 1.165) is 0 Å². The van der Waals surface area contributed by atoms with Gasteiger partial charge in [0.25, 0.3) is 6.43 Å².